The lowest BCUT2D eigenvalue weighted by Crippen LogP contribution is -2.30. The SMILES string of the molecule is CC(C)Oc1cc(-c2ccccc2)cc(N(C)S(=O)(=O)CC2CS2)c1. The summed E-state index contributed by atoms with van der Waals surface area (Å²) in [5.41, 5.74) is 2.60. The zero-order valence-electron chi connectivity index (χ0n) is 14.7. The smallest absolute Gasteiger partial charge is 0.236 e. The second-order valence-electron chi connectivity index (χ2n) is 6.45. The van der Waals surface area contributed by atoms with Gasteiger partial charge in [-0.2, -0.15) is 11.8 Å². The normalized spacial score (nSPS) is 16.7. The first kappa shape index (κ1) is 18.1. The van der Waals surface area contributed by atoms with E-state index >= 15 is 0 Å². The largest absolute Gasteiger partial charge is 0.491 e. The van der Waals surface area contributed by atoms with Crippen molar-refractivity contribution in [1.29, 1.82) is 0 Å². The van der Waals surface area contributed by atoms with Gasteiger partial charge in [0.1, 0.15) is 5.75 Å². The highest BCUT2D eigenvalue weighted by Gasteiger charge is 2.31. The Labute approximate surface area is 154 Å². The second kappa shape index (κ2) is 7.30. The fraction of sp³-hybridized carbons (Fsp3) is 0.368. The first-order valence-electron chi connectivity index (χ1n) is 8.30. The molecule has 2 aromatic carbocycles. The van der Waals surface area contributed by atoms with Gasteiger partial charge >= 0.3 is 0 Å². The van der Waals surface area contributed by atoms with Gasteiger partial charge in [-0.15, -0.1) is 0 Å². The Bertz CT molecular complexity index is 831. The summed E-state index contributed by atoms with van der Waals surface area (Å²) in [5.74, 6) is 1.79. The Balaban J connectivity index is 1.99. The number of ether oxygens (including phenoxy) is 1. The number of thioether (sulfide) groups is 1. The van der Waals surface area contributed by atoms with Crippen LogP contribution < -0.4 is 9.04 Å². The highest BCUT2D eigenvalue weighted by atomic mass is 32.2. The number of benzene rings is 2. The molecule has 3 rings (SSSR count). The Morgan fingerprint density at radius 1 is 1.16 bits per heavy atom. The summed E-state index contributed by atoms with van der Waals surface area (Å²) in [4.78, 5) is 0. The van der Waals surface area contributed by atoms with Crippen molar-refractivity contribution in [1.82, 2.24) is 0 Å². The van der Waals surface area contributed by atoms with Crippen molar-refractivity contribution >= 4 is 27.5 Å². The van der Waals surface area contributed by atoms with Crippen LogP contribution in [0.2, 0.25) is 0 Å². The van der Waals surface area contributed by atoms with Crippen LogP contribution in [0.15, 0.2) is 48.5 Å². The van der Waals surface area contributed by atoms with Crippen molar-refractivity contribution in [3.05, 3.63) is 48.5 Å². The molecule has 1 aliphatic heterocycles. The average molecular weight is 378 g/mol. The Kier molecular flexibility index (Phi) is 5.29. The quantitative estimate of drug-likeness (QED) is 0.684. The van der Waals surface area contributed by atoms with Gasteiger partial charge in [-0.1, -0.05) is 30.3 Å². The first-order chi connectivity index (χ1) is 11.8. The molecule has 0 spiro atoms. The van der Waals surface area contributed by atoms with Crippen molar-refractivity contribution < 1.29 is 13.2 Å². The molecule has 6 heteroatoms. The van der Waals surface area contributed by atoms with Crippen LogP contribution in [0, 0.1) is 0 Å². The van der Waals surface area contributed by atoms with E-state index in [0.29, 0.717) is 11.4 Å². The van der Waals surface area contributed by atoms with Crippen LogP contribution in [0.3, 0.4) is 0 Å². The van der Waals surface area contributed by atoms with Gasteiger partial charge in [0.05, 0.1) is 17.5 Å². The van der Waals surface area contributed by atoms with Crippen LogP contribution in [0.4, 0.5) is 5.69 Å². The predicted octanol–water partition coefficient (Wildman–Crippen LogP) is 4.02. The van der Waals surface area contributed by atoms with E-state index in [9.17, 15) is 8.42 Å². The molecule has 2 aromatic rings. The molecule has 1 unspecified atom stereocenters. The molecule has 0 aliphatic carbocycles. The minimum absolute atomic E-state index is 0.0173. The highest BCUT2D eigenvalue weighted by Crippen LogP contribution is 2.35. The van der Waals surface area contributed by atoms with Gasteiger partial charge in [0, 0.05) is 24.1 Å². The van der Waals surface area contributed by atoms with E-state index in [0.717, 1.165) is 16.9 Å². The second-order valence-corrected chi connectivity index (χ2v) is 9.83. The molecule has 0 radical (unpaired) electrons. The summed E-state index contributed by atoms with van der Waals surface area (Å²) < 4.78 is 32.5. The fourth-order valence-electron chi connectivity index (χ4n) is 2.57. The van der Waals surface area contributed by atoms with Crippen molar-refractivity contribution in [2.75, 3.05) is 22.9 Å². The fourth-order valence-corrected chi connectivity index (χ4v) is 5.12. The summed E-state index contributed by atoms with van der Waals surface area (Å²) in [6, 6.07) is 15.6. The monoisotopic (exact) mass is 377 g/mol. The molecule has 1 heterocycles. The van der Waals surface area contributed by atoms with Crippen LogP contribution in [0.1, 0.15) is 13.8 Å². The number of sulfonamides is 1. The molecule has 1 saturated heterocycles. The maximum atomic E-state index is 12.6. The standard InChI is InChI=1S/C19H23NO3S2/c1-14(2)23-18-10-16(15-7-5-4-6-8-15)9-17(11-18)20(3)25(21,22)13-19-12-24-19/h4-11,14,19H,12-13H2,1-3H3. The van der Waals surface area contributed by atoms with E-state index < -0.39 is 10.0 Å². The van der Waals surface area contributed by atoms with E-state index in [4.69, 9.17) is 4.74 Å². The van der Waals surface area contributed by atoms with Crippen LogP contribution in [-0.4, -0.2) is 38.3 Å². The van der Waals surface area contributed by atoms with E-state index in [1.807, 2.05) is 56.3 Å². The highest BCUT2D eigenvalue weighted by molar-refractivity contribution is 8.08. The number of nitrogens with zero attached hydrogens (tertiary/aromatic N) is 1. The zero-order valence-corrected chi connectivity index (χ0v) is 16.3. The Morgan fingerprint density at radius 2 is 1.84 bits per heavy atom. The third-order valence-electron chi connectivity index (χ3n) is 3.95. The molecule has 25 heavy (non-hydrogen) atoms. The summed E-state index contributed by atoms with van der Waals surface area (Å²) in [5, 5.41) is 0.233. The van der Waals surface area contributed by atoms with E-state index in [2.05, 4.69) is 0 Å². The molecule has 0 bridgehead atoms. The van der Waals surface area contributed by atoms with Gasteiger partial charge in [0.15, 0.2) is 0 Å². The molecule has 1 aliphatic rings. The molecular formula is C19H23NO3S2. The lowest BCUT2D eigenvalue weighted by atomic mass is 10.0. The Morgan fingerprint density at radius 3 is 2.44 bits per heavy atom. The lowest BCUT2D eigenvalue weighted by Gasteiger charge is -2.22. The van der Waals surface area contributed by atoms with Crippen LogP contribution in [0.25, 0.3) is 11.1 Å². The third-order valence-corrected chi connectivity index (χ3v) is 7.00. The molecule has 4 nitrogen and oxygen atoms in total. The summed E-state index contributed by atoms with van der Waals surface area (Å²) in [6.07, 6.45) is 0.0173. The first-order valence-corrected chi connectivity index (χ1v) is 11.0. The molecule has 1 fully saturated rings. The molecule has 1 atom stereocenters. The number of anilines is 1. The van der Waals surface area contributed by atoms with Gasteiger partial charge in [-0.3, -0.25) is 4.31 Å². The van der Waals surface area contributed by atoms with Gasteiger partial charge in [-0.25, -0.2) is 8.42 Å². The molecular weight excluding hydrogens is 354 g/mol. The maximum absolute atomic E-state index is 12.6. The molecule has 134 valence electrons. The Hall–Kier alpha value is -1.66. The van der Waals surface area contributed by atoms with Crippen molar-refractivity contribution in [3.63, 3.8) is 0 Å². The number of rotatable bonds is 7. The average Bonchev–Trinajstić information content (AvgIpc) is 3.37. The van der Waals surface area contributed by atoms with Gasteiger partial charge in [0.2, 0.25) is 10.0 Å². The van der Waals surface area contributed by atoms with E-state index in [1.165, 1.54) is 4.31 Å². The summed E-state index contributed by atoms with van der Waals surface area (Å²) in [7, 11) is -1.72. The minimum atomic E-state index is -3.34. The molecule has 0 N–H and O–H groups in total. The molecule has 0 saturated carbocycles. The summed E-state index contributed by atoms with van der Waals surface area (Å²) >= 11 is 1.69. The minimum Gasteiger partial charge on any atom is -0.491 e. The lowest BCUT2D eigenvalue weighted by molar-refractivity contribution is 0.242. The molecule has 0 aromatic heterocycles. The third kappa shape index (κ3) is 4.70. The zero-order chi connectivity index (χ0) is 18.0. The van der Waals surface area contributed by atoms with Gasteiger partial charge < -0.3 is 4.74 Å². The number of hydrogen-bond donors (Lipinski definition) is 0. The van der Waals surface area contributed by atoms with Gasteiger partial charge in [-0.05, 0) is 37.1 Å². The predicted molar refractivity (Wildman–Crippen MR) is 106 cm³/mol. The van der Waals surface area contributed by atoms with Crippen molar-refractivity contribution in [2.45, 2.75) is 25.2 Å². The van der Waals surface area contributed by atoms with Gasteiger partial charge in [0.25, 0.3) is 0 Å². The van der Waals surface area contributed by atoms with Crippen molar-refractivity contribution in [3.8, 4) is 16.9 Å². The van der Waals surface area contributed by atoms with Crippen molar-refractivity contribution in [2.24, 2.45) is 0 Å². The van der Waals surface area contributed by atoms with E-state index in [-0.39, 0.29) is 17.1 Å². The van der Waals surface area contributed by atoms with E-state index in [1.54, 1.807) is 24.9 Å². The molecule has 0 amide bonds. The topological polar surface area (TPSA) is 46.6 Å². The maximum Gasteiger partial charge on any atom is 0.236 e. The number of hydrogen-bond acceptors (Lipinski definition) is 4. The van der Waals surface area contributed by atoms with Crippen LogP contribution in [0.5, 0.6) is 5.75 Å². The summed E-state index contributed by atoms with van der Waals surface area (Å²) in [6.45, 7) is 3.92. The van der Waals surface area contributed by atoms with Crippen LogP contribution in [-0.2, 0) is 10.0 Å². The van der Waals surface area contributed by atoms with Crippen LogP contribution >= 0.6 is 11.8 Å².